The van der Waals surface area contributed by atoms with Crippen molar-refractivity contribution in [3.05, 3.63) is 0 Å². The molecule has 0 saturated heterocycles. The van der Waals surface area contributed by atoms with E-state index in [1.807, 2.05) is 0 Å². The molecule has 12 heavy (non-hydrogen) atoms. The first-order valence-corrected chi connectivity index (χ1v) is 4.06. The summed E-state index contributed by atoms with van der Waals surface area (Å²) in [5, 5.41) is 18.7. The van der Waals surface area contributed by atoms with Crippen LogP contribution in [0.5, 0.6) is 0 Å². The number of aliphatic hydroxyl groups is 2. The first kappa shape index (κ1) is 11.4. The smallest absolute Gasteiger partial charge is 0.340 e. The zero-order valence-electron chi connectivity index (χ0n) is 7.70. The first-order valence-electron chi connectivity index (χ1n) is 4.06. The molecule has 4 nitrogen and oxygen atoms in total. The van der Waals surface area contributed by atoms with Gasteiger partial charge in [0.1, 0.15) is 0 Å². The van der Waals surface area contributed by atoms with Crippen LogP contribution in [0.1, 0.15) is 27.2 Å². The standard InChI is InChI=1S/C8H16O4/c1-4-8(11,6(3)9)7(10)12-5-2/h6,9,11H,4-5H2,1-3H3/t6-,8-/m1/s1. The molecule has 4 heteroatoms. The summed E-state index contributed by atoms with van der Waals surface area (Å²) in [6, 6.07) is 0. The minimum absolute atomic E-state index is 0.142. The fraction of sp³-hybridized carbons (Fsp3) is 0.875. The molecule has 2 N–H and O–H groups in total. The Morgan fingerprint density at radius 3 is 2.33 bits per heavy atom. The van der Waals surface area contributed by atoms with Gasteiger partial charge >= 0.3 is 5.97 Å². The number of aliphatic hydroxyl groups excluding tert-OH is 1. The van der Waals surface area contributed by atoms with Crippen LogP contribution >= 0.6 is 0 Å². The van der Waals surface area contributed by atoms with Gasteiger partial charge in [0, 0.05) is 0 Å². The molecule has 0 unspecified atom stereocenters. The van der Waals surface area contributed by atoms with Crippen LogP contribution in [0.4, 0.5) is 0 Å². The summed E-state index contributed by atoms with van der Waals surface area (Å²) in [5.74, 6) is -0.762. The Morgan fingerprint density at radius 1 is 1.58 bits per heavy atom. The Balaban J connectivity index is 4.40. The van der Waals surface area contributed by atoms with Gasteiger partial charge in [-0.3, -0.25) is 0 Å². The fourth-order valence-electron chi connectivity index (χ4n) is 0.866. The highest BCUT2D eigenvalue weighted by atomic mass is 16.6. The van der Waals surface area contributed by atoms with Crippen LogP contribution in [0.25, 0.3) is 0 Å². The molecule has 0 rings (SSSR count). The molecule has 0 aliphatic carbocycles. The molecule has 0 aromatic carbocycles. The summed E-state index contributed by atoms with van der Waals surface area (Å²) in [7, 11) is 0. The summed E-state index contributed by atoms with van der Waals surface area (Å²) in [6.45, 7) is 4.83. The lowest BCUT2D eigenvalue weighted by Crippen LogP contribution is -2.48. The molecule has 0 aromatic rings. The van der Waals surface area contributed by atoms with Crippen molar-refractivity contribution >= 4 is 5.97 Å². The third kappa shape index (κ3) is 2.19. The van der Waals surface area contributed by atoms with E-state index in [2.05, 4.69) is 4.74 Å². The molecule has 0 radical (unpaired) electrons. The first-order chi connectivity index (χ1) is 5.49. The van der Waals surface area contributed by atoms with Crippen LogP contribution in [0.2, 0.25) is 0 Å². The van der Waals surface area contributed by atoms with Gasteiger partial charge in [0.05, 0.1) is 12.7 Å². The Morgan fingerprint density at radius 2 is 2.08 bits per heavy atom. The van der Waals surface area contributed by atoms with E-state index in [1.54, 1.807) is 13.8 Å². The predicted molar refractivity (Wildman–Crippen MR) is 43.6 cm³/mol. The largest absolute Gasteiger partial charge is 0.464 e. The molecule has 0 bridgehead atoms. The second-order valence-corrected chi connectivity index (χ2v) is 2.67. The summed E-state index contributed by atoms with van der Waals surface area (Å²) >= 11 is 0. The highest BCUT2D eigenvalue weighted by Gasteiger charge is 2.40. The van der Waals surface area contributed by atoms with E-state index in [0.717, 1.165) is 0 Å². The summed E-state index contributed by atoms with van der Waals surface area (Å²) in [4.78, 5) is 11.1. The number of carbonyl (C=O) groups is 1. The molecule has 0 fully saturated rings. The Labute approximate surface area is 72.2 Å². The Hall–Kier alpha value is -0.610. The molecule has 0 aliphatic heterocycles. The highest BCUT2D eigenvalue weighted by molar-refractivity contribution is 5.79. The van der Waals surface area contributed by atoms with Gasteiger partial charge in [-0.05, 0) is 20.3 Å². The van der Waals surface area contributed by atoms with E-state index >= 15 is 0 Å². The van der Waals surface area contributed by atoms with Gasteiger partial charge in [-0.2, -0.15) is 0 Å². The number of esters is 1. The van der Waals surface area contributed by atoms with Gasteiger partial charge in [0.2, 0.25) is 0 Å². The molecular formula is C8H16O4. The third-order valence-electron chi connectivity index (χ3n) is 1.86. The second-order valence-electron chi connectivity index (χ2n) is 2.67. The lowest BCUT2D eigenvalue weighted by Gasteiger charge is -2.26. The zero-order chi connectivity index (χ0) is 9.78. The maximum atomic E-state index is 11.1. The number of hydrogen-bond acceptors (Lipinski definition) is 4. The van der Waals surface area contributed by atoms with Crippen molar-refractivity contribution in [3.63, 3.8) is 0 Å². The summed E-state index contributed by atoms with van der Waals surface area (Å²) < 4.78 is 4.61. The molecule has 0 aliphatic rings. The molecule has 0 heterocycles. The highest BCUT2D eigenvalue weighted by Crippen LogP contribution is 2.17. The number of rotatable bonds is 4. The van der Waals surface area contributed by atoms with Crippen LogP contribution in [0.15, 0.2) is 0 Å². The van der Waals surface area contributed by atoms with Crippen molar-refractivity contribution in [2.45, 2.75) is 38.9 Å². The monoisotopic (exact) mass is 176 g/mol. The molecular weight excluding hydrogens is 160 g/mol. The van der Waals surface area contributed by atoms with E-state index in [1.165, 1.54) is 6.92 Å². The normalized spacial score (nSPS) is 18.1. The van der Waals surface area contributed by atoms with E-state index in [0.29, 0.717) is 0 Å². The quantitative estimate of drug-likeness (QED) is 0.595. The van der Waals surface area contributed by atoms with E-state index < -0.39 is 17.7 Å². The van der Waals surface area contributed by atoms with Gasteiger partial charge in [0.15, 0.2) is 5.60 Å². The van der Waals surface area contributed by atoms with Crippen LogP contribution < -0.4 is 0 Å². The van der Waals surface area contributed by atoms with Crippen molar-refractivity contribution in [1.82, 2.24) is 0 Å². The third-order valence-corrected chi connectivity index (χ3v) is 1.86. The SMILES string of the molecule is CCOC(=O)[C@@](O)(CC)[C@@H](C)O. The van der Waals surface area contributed by atoms with Gasteiger partial charge in [-0.15, -0.1) is 0 Å². The lowest BCUT2D eigenvalue weighted by atomic mass is 9.95. The van der Waals surface area contributed by atoms with Gasteiger partial charge in [-0.25, -0.2) is 4.79 Å². The minimum Gasteiger partial charge on any atom is -0.464 e. The average molecular weight is 176 g/mol. The van der Waals surface area contributed by atoms with Gasteiger partial charge < -0.3 is 14.9 Å². The minimum atomic E-state index is -1.75. The van der Waals surface area contributed by atoms with Crippen molar-refractivity contribution in [3.8, 4) is 0 Å². The summed E-state index contributed by atoms with van der Waals surface area (Å²) in [5.41, 5.74) is -1.75. The predicted octanol–water partition coefficient (Wildman–Crippen LogP) is 0.0714. The topological polar surface area (TPSA) is 66.8 Å². The zero-order valence-corrected chi connectivity index (χ0v) is 7.70. The van der Waals surface area contributed by atoms with Crippen LogP contribution in [0.3, 0.4) is 0 Å². The van der Waals surface area contributed by atoms with Crippen LogP contribution in [-0.4, -0.2) is 34.5 Å². The average Bonchev–Trinajstić information content (AvgIpc) is 2.03. The molecule has 0 saturated carbocycles. The molecule has 0 amide bonds. The lowest BCUT2D eigenvalue weighted by molar-refractivity contribution is -0.177. The second kappa shape index (κ2) is 4.42. The number of ether oxygens (including phenoxy) is 1. The van der Waals surface area contributed by atoms with E-state index in [-0.39, 0.29) is 13.0 Å². The van der Waals surface area contributed by atoms with Crippen molar-refractivity contribution < 1.29 is 19.7 Å². The fourth-order valence-corrected chi connectivity index (χ4v) is 0.866. The maximum absolute atomic E-state index is 11.1. The molecule has 0 spiro atoms. The van der Waals surface area contributed by atoms with Crippen molar-refractivity contribution in [2.24, 2.45) is 0 Å². The van der Waals surface area contributed by atoms with Crippen LogP contribution in [-0.2, 0) is 9.53 Å². The van der Waals surface area contributed by atoms with Crippen LogP contribution in [0, 0.1) is 0 Å². The van der Waals surface area contributed by atoms with Gasteiger partial charge in [-0.1, -0.05) is 6.92 Å². The summed E-state index contributed by atoms with van der Waals surface area (Å²) in [6.07, 6.45) is -0.967. The number of carbonyl (C=O) groups excluding carboxylic acids is 1. The Kier molecular flexibility index (Phi) is 4.20. The molecule has 2 atom stereocenters. The van der Waals surface area contributed by atoms with E-state index in [4.69, 9.17) is 5.11 Å². The number of hydrogen-bond donors (Lipinski definition) is 2. The molecule has 0 aromatic heterocycles. The maximum Gasteiger partial charge on any atom is 0.340 e. The molecule has 72 valence electrons. The van der Waals surface area contributed by atoms with Gasteiger partial charge in [0.25, 0.3) is 0 Å². The Bertz CT molecular complexity index is 155. The van der Waals surface area contributed by atoms with E-state index in [9.17, 15) is 9.90 Å². The van der Waals surface area contributed by atoms with Crippen molar-refractivity contribution in [2.75, 3.05) is 6.61 Å². The van der Waals surface area contributed by atoms with Crippen molar-refractivity contribution in [1.29, 1.82) is 0 Å².